The lowest BCUT2D eigenvalue weighted by Crippen LogP contribution is -1.93. The lowest BCUT2D eigenvalue weighted by molar-refractivity contribution is 0.521. The predicted molar refractivity (Wildman–Crippen MR) is 69.9 cm³/mol. The van der Waals surface area contributed by atoms with Gasteiger partial charge in [0.05, 0.1) is 6.20 Å². The summed E-state index contributed by atoms with van der Waals surface area (Å²) in [6, 6.07) is 0. The first-order chi connectivity index (χ1) is 9.81. The van der Waals surface area contributed by atoms with E-state index in [0.717, 1.165) is 5.01 Å². The van der Waals surface area contributed by atoms with E-state index in [-0.39, 0.29) is 0 Å². The van der Waals surface area contributed by atoms with Gasteiger partial charge in [-0.2, -0.15) is 9.61 Å². The van der Waals surface area contributed by atoms with E-state index in [2.05, 4.69) is 30.2 Å². The fourth-order valence-corrected chi connectivity index (χ4v) is 2.55. The van der Waals surface area contributed by atoms with Crippen molar-refractivity contribution in [2.24, 2.45) is 0 Å². The highest BCUT2D eigenvalue weighted by Gasteiger charge is 2.16. The van der Waals surface area contributed by atoms with E-state index < -0.39 is 0 Å². The predicted octanol–water partition coefficient (Wildman–Crippen LogP) is 1.61. The maximum absolute atomic E-state index is 5.19. The first-order valence-electron chi connectivity index (χ1n) is 5.72. The Balaban J connectivity index is 1.87. The van der Waals surface area contributed by atoms with Crippen LogP contribution in [0.4, 0.5) is 0 Å². The fourth-order valence-electron chi connectivity index (χ4n) is 1.76. The number of fused-ring (bicyclic) bond motifs is 1. The minimum Gasteiger partial charge on any atom is -0.449 e. The Labute approximate surface area is 116 Å². The van der Waals surface area contributed by atoms with E-state index in [0.29, 0.717) is 28.1 Å². The minimum atomic E-state index is 0.552. The number of aryl methyl sites for hydroxylation is 1. The van der Waals surface area contributed by atoms with Crippen molar-refractivity contribution >= 4 is 16.3 Å². The van der Waals surface area contributed by atoms with Crippen LogP contribution < -0.4 is 0 Å². The summed E-state index contributed by atoms with van der Waals surface area (Å²) in [4.78, 5) is 13.1. The second-order valence-electron chi connectivity index (χ2n) is 3.97. The van der Waals surface area contributed by atoms with Crippen molar-refractivity contribution in [2.75, 3.05) is 0 Å². The molecular formula is C11H7N7OS. The van der Waals surface area contributed by atoms with E-state index in [9.17, 15) is 0 Å². The van der Waals surface area contributed by atoms with Gasteiger partial charge < -0.3 is 4.42 Å². The Bertz CT molecular complexity index is 879. The molecule has 0 saturated heterocycles. The number of hydrogen-bond donors (Lipinski definition) is 0. The number of oxazole rings is 1. The normalized spacial score (nSPS) is 11.2. The molecule has 4 aromatic rings. The first kappa shape index (κ1) is 11.2. The molecule has 4 heterocycles. The monoisotopic (exact) mass is 285 g/mol. The topological polar surface area (TPSA) is 94.9 Å². The third-order valence-corrected chi connectivity index (χ3v) is 3.54. The molecule has 0 aromatic carbocycles. The minimum absolute atomic E-state index is 0.552. The van der Waals surface area contributed by atoms with Crippen LogP contribution in [-0.2, 0) is 0 Å². The zero-order chi connectivity index (χ0) is 13.5. The second-order valence-corrected chi connectivity index (χ2v) is 4.92. The summed E-state index contributed by atoms with van der Waals surface area (Å²) >= 11 is 1.39. The molecule has 0 fully saturated rings. The summed E-state index contributed by atoms with van der Waals surface area (Å²) in [6.45, 7) is 1.79. The summed E-state index contributed by atoms with van der Waals surface area (Å²) in [5.74, 6) is 1.15. The standard InChI is InChI=1S/C11H7N7OS/c1-6-14-8(5-19-6)10-17-18-9(15-16-11(18)20-10)7-4-12-2-3-13-7/h2-5H,1H3. The SMILES string of the molecule is Cc1nc(-c2nn3c(-c4cnccn4)nnc3s2)co1. The third kappa shape index (κ3) is 1.67. The molecule has 0 bridgehead atoms. The fraction of sp³-hybridized carbons (Fsp3) is 0.0909. The molecule has 0 amide bonds. The summed E-state index contributed by atoms with van der Waals surface area (Å²) < 4.78 is 6.83. The Kier molecular flexibility index (Phi) is 2.33. The van der Waals surface area contributed by atoms with E-state index in [1.165, 1.54) is 11.3 Å². The Morgan fingerprint density at radius 1 is 1.20 bits per heavy atom. The molecular weight excluding hydrogens is 278 g/mol. The lowest BCUT2D eigenvalue weighted by Gasteiger charge is -1.93. The molecule has 8 nitrogen and oxygen atoms in total. The molecule has 0 atom stereocenters. The summed E-state index contributed by atoms with van der Waals surface area (Å²) in [6.07, 6.45) is 6.40. The van der Waals surface area contributed by atoms with Gasteiger partial charge in [-0.25, -0.2) is 9.97 Å². The highest BCUT2D eigenvalue weighted by Crippen LogP contribution is 2.26. The molecule has 4 aromatic heterocycles. The molecule has 0 saturated carbocycles. The second kappa shape index (κ2) is 4.17. The molecule has 0 unspecified atom stereocenters. The van der Waals surface area contributed by atoms with Crippen molar-refractivity contribution < 1.29 is 4.42 Å². The molecule has 9 heteroatoms. The van der Waals surface area contributed by atoms with Gasteiger partial charge in [0.15, 0.2) is 10.9 Å². The number of nitrogens with zero attached hydrogens (tertiary/aromatic N) is 7. The van der Waals surface area contributed by atoms with Crippen LogP contribution in [0.3, 0.4) is 0 Å². The number of aromatic nitrogens is 7. The van der Waals surface area contributed by atoms with Crippen LogP contribution in [0.2, 0.25) is 0 Å². The van der Waals surface area contributed by atoms with Crippen molar-refractivity contribution in [1.82, 2.24) is 34.8 Å². The molecule has 0 aliphatic heterocycles. The highest BCUT2D eigenvalue weighted by atomic mass is 32.1. The maximum atomic E-state index is 5.19. The Morgan fingerprint density at radius 3 is 2.90 bits per heavy atom. The molecule has 0 radical (unpaired) electrons. The van der Waals surface area contributed by atoms with E-state index in [1.807, 2.05) is 0 Å². The summed E-state index contributed by atoms with van der Waals surface area (Å²) in [7, 11) is 0. The molecule has 0 aliphatic rings. The van der Waals surface area contributed by atoms with Gasteiger partial charge in [-0.1, -0.05) is 11.3 Å². The molecule has 0 aliphatic carbocycles. The van der Waals surface area contributed by atoms with Gasteiger partial charge in [0.2, 0.25) is 10.8 Å². The van der Waals surface area contributed by atoms with Crippen LogP contribution in [0.25, 0.3) is 27.2 Å². The third-order valence-electron chi connectivity index (χ3n) is 2.62. The maximum Gasteiger partial charge on any atom is 0.235 e. The molecule has 98 valence electrons. The molecule has 0 N–H and O–H groups in total. The van der Waals surface area contributed by atoms with Crippen molar-refractivity contribution in [3.63, 3.8) is 0 Å². The van der Waals surface area contributed by atoms with Gasteiger partial charge in [-0.15, -0.1) is 10.2 Å². The van der Waals surface area contributed by atoms with Gasteiger partial charge >= 0.3 is 0 Å². The zero-order valence-corrected chi connectivity index (χ0v) is 11.1. The summed E-state index contributed by atoms with van der Waals surface area (Å²) in [5, 5.41) is 13.3. The number of rotatable bonds is 2. The van der Waals surface area contributed by atoms with Crippen LogP contribution in [0.5, 0.6) is 0 Å². The molecule has 0 spiro atoms. The lowest BCUT2D eigenvalue weighted by atomic mass is 10.4. The smallest absolute Gasteiger partial charge is 0.235 e. The van der Waals surface area contributed by atoms with Crippen LogP contribution >= 0.6 is 11.3 Å². The zero-order valence-electron chi connectivity index (χ0n) is 10.3. The first-order valence-corrected chi connectivity index (χ1v) is 6.54. The number of hydrogen-bond acceptors (Lipinski definition) is 8. The van der Waals surface area contributed by atoms with Crippen molar-refractivity contribution in [1.29, 1.82) is 0 Å². The van der Waals surface area contributed by atoms with Crippen LogP contribution in [-0.4, -0.2) is 34.8 Å². The van der Waals surface area contributed by atoms with Gasteiger partial charge in [0.1, 0.15) is 17.7 Å². The van der Waals surface area contributed by atoms with E-state index >= 15 is 0 Å². The van der Waals surface area contributed by atoms with Crippen molar-refractivity contribution in [3.8, 4) is 22.2 Å². The van der Waals surface area contributed by atoms with Gasteiger partial charge in [-0.05, 0) is 0 Å². The Hall–Kier alpha value is -2.68. The van der Waals surface area contributed by atoms with E-state index in [4.69, 9.17) is 4.42 Å². The van der Waals surface area contributed by atoms with Crippen LogP contribution in [0.1, 0.15) is 5.89 Å². The van der Waals surface area contributed by atoms with Crippen molar-refractivity contribution in [2.45, 2.75) is 6.92 Å². The Morgan fingerprint density at radius 2 is 2.15 bits per heavy atom. The largest absolute Gasteiger partial charge is 0.449 e. The quantitative estimate of drug-likeness (QED) is 0.552. The van der Waals surface area contributed by atoms with Gasteiger partial charge in [0, 0.05) is 19.3 Å². The van der Waals surface area contributed by atoms with Gasteiger partial charge in [0.25, 0.3) is 0 Å². The average molecular weight is 285 g/mol. The van der Waals surface area contributed by atoms with Crippen molar-refractivity contribution in [3.05, 3.63) is 30.7 Å². The van der Waals surface area contributed by atoms with Crippen LogP contribution in [0, 0.1) is 6.92 Å². The summed E-state index contributed by atoms with van der Waals surface area (Å²) in [5.41, 5.74) is 1.30. The van der Waals surface area contributed by atoms with E-state index in [1.54, 1.807) is 36.3 Å². The molecule has 20 heavy (non-hydrogen) atoms. The molecule has 4 rings (SSSR count). The highest BCUT2D eigenvalue weighted by molar-refractivity contribution is 7.19. The van der Waals surface area contributed by atoms with Gasteiger partial charge in [-0.3, -0.25) is 4.98 Å². The van der Waals surface area contributed by atoms with Crippen LogP contribution in [0.15, 0.2) is 29.3 Å². The average Bonchev–Trinajstić information content (AvgIpc) is 3.13.